The Bertz CT molecular complexity index is 2750. The van der Waals surface area contributed by atoms with Crippen LogP contribution in [0.3, 0.4) is 0 Å². The standard InChI is InChI=1S/C39H28B3N3O6S/c1-38(2)39(3,4)51-42(50-38)19-13-15-25-24(17-19)20-14-12-18(16-26(20)49-25)35-43-36(23-10-7-9-22-21-8-5-6-11-27(21)52-34(22)23)45-37(44-35)28-29(40)30(41)32(47)33(48)31(28)46/h5-17,46-48H,1-4H3. The number of phenols is 3. The number of hydrogen-bond acceptors (Lipinski definition) is 10. The summed E-state index contributed by atoms with van der Waals surface area (Å²) in [6.07, 6.45) is 0. The summed E-state index contributed by atoms with van der Waals surface area (Å²) in [5, 5.41) is 35.8. The van der Waals surface area contributed by atoms with E-state index in [-0.39, 0.29) is 28.1 Å². The van der Waals surface area contributed by atoms with Crippen LogP contribution in [-0.4, -0.2) is 64.3 Å². The van der Waals surface area contributed by atoms with Crippen LogP contribution in [-0.2, 0) is 9.31 Å². The zero-order chi connectivity index (χ0) is 36.3. The van der Waals surface area contributed by atoms with E-state index in [0.717, 1.165) is 42.0 Å². The van der Waals surface area contributed by atoms with Gasteiger partial charge in [-0.2, -0.15) is 0 Å². The Morgan fingerprint density at radius 2 is 1.35 bits per heavy atom. The van der Waals surface area contributed by atoms with Gasteiger partial charge in [-0.3, -0.25) is 0 Å². The van der Waals surface area contributed by atoms with Crippen molar-refractivity contribution in [3.63, 3.8) is 0 Å². The Labute approximate surface area is 304 Å². The second-order valence-corrected chi connectivity index (χ2v) is 15.0. The van der Waals surface area contributed by atoms with Crippen molar-refractivity contribution < 1.29 is 29.0 Å². The molecule has 0 bridgehead atoms. The highest BCUT2D eigenvalue weighted by molar-refractivity contribution is 7.26. The molecule has 3 N–H and O–H groups in total. The SMILES string of the molecule is [B]c1c([B])c(-c2nc(-c3ccc4c(c3)oc3ccc(B5OC(C)(C)C(C)(C)O5)cc34)nc(-c3cccc4c3sc3ccccc34)n2)c(O)c(O)c1O. The van der Waals surface area contributed by atoms with E-state index in [0.29, 0.717) is 22.6 Å². The maximum Gasteiger partial charge on any atom is 0.494 e. The molecule has 0 atom stereocenters. The Kier molecular flexibility index (Phi) is 7.09. The molecule has 4 radical (unpaired) electrons. The lowest BCUT2D eigenvalue weighted by atomic mass is 9.76. The first-order valence-corrected chi connectivity index (χ1v) is 17.4. The predicted molar refractivity (Wildman–Crippen MR) is 208 cm³/mol. The monoisotopic (exact) mass is 699 g/mol. The minimum absolute atomic E-state index is 0.0492. The number of fused-ring (bicyclic) bond motifs is 6. The highest BCUT2D eigenvalue weighted by Crippen LogP contribution is 2.43. The van der Waals surface area contributed by atoms with Gasteiger partial charge in [0.25, 0.3) is 0 Å². The summed E-state index contributed by atoms with van der Waals surface area (Å²) < 4.78 is 21.0. The zero-order valence-electron chi connectivity index (χ0n) is 28.6. The predicted octanol–water partition coefficient (Wildman–Crippen LogP) is 6.14. The van der Waals surface area contributed by atoms with Crippen LogP contribution in [0.5, 0.6) is 17.2 Å². The van der Waals surface area contributed by atoms with Gasteiger partial charge in [-0.25, -0.2) is 15.0 Å². The van der Waals surface area contributed by atoms with Gasteiger partial charge in [0.15, 0.2) is 34.7 Å². The summed E-state index contributed by atoms with van der Waals surface area (Å²) in [5.41, 5.74) is 1.91. The Morgan fingerprint density at radius 3 is 2.13 bits per heavy atom. The molecule has 5 aromatic carbocycles. The maximum absolute atomic E-state index is 11.0. The van der Waals surface area contributed by atoms with E-state index in [1.807, 2.05) is 88.4 Å². The van der Waals surface area contributed by atoms with E-state index in [2.05, 4.69) is 18.2 Å². The van der Waals surface area contributed by atoms with Crippen LogP contribution >= 0.6 is 11.3 Å². The van der Waals surface area contributed by atoms with Crippen molar-refractivity contribution in [3.05, 3.63) is 78.9 Å². The second kappa shape index (κ2) is 11.3. The van der Waals surface area contributed by atoms with Gasteiger partial charge in [-0.15, -0.1) is 11.3 Å². The van der Waals surface area contributed by atoms with Crippen molar-refractivity contribution in [2.24, 2.45) is 0 Å². The smallest absolute Gasteiger partial charge is 0.494 e. The van der Waals surface area contributed by atoms with E-state index in [4.69, 9.17) is 44.4 Å². The van der Waals surface area contributed by atoms with Gasteiger partial charge in [-0.05, 0) is 63.5 Å². The number of furan rings is 1. The van der Waals surface area contributed by atoms with Crippen molar-refractivity contribution in [3.8, 4) is 51.4 Å². The molecule has 4 heterocycles. The summed E-state index contributed by atoms with van der Waals surface area (Å²) in [7, 11) is 11.8. The van der Waals surface area contributed by atoms with Crippen LogP contribution in [0.25, 0.3) is 76.3 Å². The number of rotatable bonds is 4. The van der Waals surface area contributed by atoms with E-state index in [1.54, 1.807) is 11.3 Å². The molecule has 250 valence electrons. The van der Waals surface area contributed by atoms with Crippen LogP contribution in [0.15, 0.2) is 83.3 Å². The molecule has 8 aromatic rings. The van der Waals surface area contributed by atoms with Crippen LogP contribution in [0, 0.1) is 0 Å². The summed E-state index contributed by atoms with van der Waals surface area (Å²) >= 11 is 1.61. The average molecular weight is 699 g/mol. The molecule has 1 aliphatic rings. The number of nitrogens with zero attached hydrogens (tertiary/aromatic N) is 3. The van der Waals surface area contributed by atoms with Gasteiger partial charge in [0.2, 0.25) is 0 Å². The number of aromatic nitrogens is 3. The number of thiophene rings is 1. The molecule has 52 heavy (non-hydrogen) atoms. The van der Waals surface area contributed by atoms with Crippen molar-refractivity contribution in [1.29, 1.82) is 0 Å². The molecule has 0 unspecified atom stereocenters. The summed E-state index contributed by atoms with van der Waals surface area (Å²) in [5.74, 6) is -1.77. The molecule has 1 fully saturated rings. The molecule has 1 aliphatic heterocycles. The van der Waals surface area contributed by atoms with Crippen LogP contribution < -0.4 is 16.4 Å². The molecule has 0 aliphatic carbocycles. The third-order valence-electron chi connectivity index (χ3n) is 10.3. The molecule has 1 saturated heterocycles. The summed E-state index contributed by atoms with van der Waals surface area (Å²) in [4.78, 5) is 14.4. The lowest BCUT2D eigenvalue weighted by Crippen LogP contribution is -2.41. The fraction of sp³-hybridized carbons (Fsp3) is 0.154. The molecule has 13 heteroatoms. The normalized spacial score (nSPS) is 15.4. The highest BCUT2D eigenvalue weighted by Gasteiger charge is 2.51. The largest absolute Gasteiger partial charge is 0.505 e. The Balaban J connectivity index is 1.22. The first-order valence-electron chi connectivity index (χ1n) is 16.6. The van der Waals surface area contributed by atoms with Crippen LogP contribution in [0.4, 0.5) is 0 Å². The van der Waals surface area contributed by atoms with Gasteiger partial charge >= 0.3 is 7.12 Å². The molecule has 0 spiro atoms. The summed E-state index contributed by atoms with van der Waals surface area (Å²) in [6, 6.07) is 25.6. The fourth-order valence-electron chi connectivity index (χ4n) is 6.69. The van der Waals surface area contributed by atoms with E-state index in [1.165, 1.54) is 0 Å². The molecule has 9 rings (SSSR count). The molecular weight excluding hydrogens is 671 g/mol. The van der Waals surface area contributed by atoms with E-state index >= 15 is 0 Å². The first kappa shape index (κ1) is 32.5. The molecule has 0 amide bonds. The highest BCUT2D eigenvalue weighted by atomic mass is 32.1. The molecule has 9 nitrogen and oxygen atoms in total. The number of benzene rings is 5. The van der Waals surface area contributed by atoms with Gasteiger partial charge < -0.3 is 29.0 Å². The Hall–Kier alpha value is -5.36. The van der Waals surface area contributed by atoms with E-state index < -0.39 is 35.6 Å². The Morgan fingerprint density at radius 1 is 0.635 bits per heavy atom. The quantitative estimate of drug-likeness (QED) is 0.147. The molecule has 3 aromatic heterocycles. The van der Waals surface area contributed by atoms with Gasteiger partial charge in [0.05, 0.1) is 16.8 Å². The van der Waals surface area contributed by atoms with Crippen molar-refractivity contribution in [2.75, 3.05) is 0 Å². The van der Waals surface area contributed by atoms with E-state index in [9.17, 15) is 15.3 Å². The average Bonchev–Trinajstić information content (AvgIpc) is 3.77. The van der Waals surface area contributed by atoms with Gasteiger partial charge in [0.1, 0.15) is 26.9 Å². The minimum Gasteiger partial charge on any atom is -0.505 e. The minimum atomic E-state index is -0.833. The molecular formula is C39H28B3N3O6S. The summed E-state index contributed by atoms with van der Waals surface area (Å²) in [6.45, 7) is 8.10. The van der Waals surface area contributed by atoms with Crippen molar-refractivity contribution >= 4 is 92.6 Å². The first-order chi connectivity index (χ1) is 24.8. The van der Waals surface area contributed by atoms with Crippen LogP contribution in [0.2, 0.25) is 0 Å². The number of phenolic OH excluding ortho intramolecular Hbond substituents is 3. The lowest BCUT2D eigenvalue weighted by molar-refractivity contribution is 0.00578. The third kappa shape index (κ3) is 4.83. The van der Waals surface area contributed by atoms with Crippen LogP contribution in [0.1, 0.15) is 27.7 Å². The maximum atomic E-state index is 11.0. The fourth-order valence-corrected chi connectivity index (χ4v) is 7.91. The van der Waals surface area contributed by atoms with Gasteiger partial charge in [0, 0.05) is 42.1 Å². The third-order valence-corrected chi connectivity index (χ3v) is 11.5. The lowest BCUT2D eigenvalue weighted by Gasteiger charge is -2.32. The van der Waals surface area contributed by atoms with Crippen molar-refractivity contribution in [1.82, 2.24) is 15.0 Å². The topological polar surface area (TPSA) is 131 Å². The number of hydrogen-bond donors (Lipinski definition) is 3. The zero-order valence-corrected chi connectivity index (χ0v) is 29.4. The molecule has 0 saturated carbocycles. The van der Waals surface area contributed by atoms with Crippen molar-refractivity contribution in [2.45, 2.75) is 38.9 Å². The number of aromatic hydroxyl groups is 3. The second-order valence-electron chi connectivity index (χ2n) is 14.0. The van der Waals surface area contributed by atoms with Gasteiger partial charge in [-0.1, -0.05) is 59.5 Å².